The summed E-state index contributed by atoms with van der Waals surface area (Å²) >= 11 is 7.49. The number of hydrogen-bond donors (Lipinski definition) is 1. The normalized spacial score (nSPS) is 15.5. The molecule has 2 heterocycles. The van der Waals surface area contributed by atoms with Gasteiger partial charge in [-0.3, -0.25) is 19.3 Å². The van der Waals surface area contributed by atoms with Gasteiger partial charge in [0.1, 0.15) is 0 Å². The number of nitrogens with one attached hydrogen (secondary N) is 1. The Hall–Kier alpha value is -2.18. The SMILES string of the molecule is O=C(CCN1C(=O)CCC1=O)N[C@@H](c1ccc(Cl)cc1)c1ccsc1. The maximum absolute atomic E-state index is 12.4. The molecule has 0 bridgehead atoms. The number of thiophene rings is 1. The third kappa shape index (κ3) is 4.27. The van der Waals surface area contributed by atoms with Gasteiger partial charge in [-0.15, -0.1) is 0 Å². The summed E-state index contributed by atoms with van der Waals surface area (Å²) in [6.45, 7) is 0.125. The molecule has 1 fully saturated rings. The van der Waals surface area contributed by atoms with E-state index in [0.717, 1.165) is 11.1 Å². The monoisotopic (exact) mass is 376 g/mol. The second-order valence-corrected chi connectivity index (χ2v) is 7.01. The van der Waals surface area contributed by atoms with Gasteiger partial charge in [-0.05, 0) is 40.1 Å². The molecule has 0 saturated carbocycles. The smallest absolute Gasteiger partial charge is 0.229 e. The largest absolute Gasteiger partial charge is 0.345 e. The van der Waals surface area contributed by atoms with Gasteiger partial charge in [0, 0.05) is 30.8 Å². The van der Waals surface area contributed by atoms with Crippen LogP contribution >= 0.6 is 22.9 Å². The fourth-order valence-electron chi connectivity index (χ4n) is 2.77. The fraction of sp³-hybridized carbons (Fsp3) is 0.278. The maximum Gasteiger partial charge on any atom is 0.229 e. The summed E-state index contributed by atoms with van der Waals surface area (Å²) < 4.78 is 0. The summed E-state index contributed by atoms with van der Waals surface area (Å²) in [6, 6.07) is 8.98. The number of nitrogens with zero attached hydrogens (tertiary/aromatic N) is 1. The van der Waals surface area contributed by atoms with Crippen LogP contribution in [0.15, 0.2) is 41.1 Å². The quantitative estimate of drug-likeness (QED) is 0.787. The molecule has 1 atom stereocenters. The molecular weight excluding hydrogens is 360 g/mol. The van der Waals surface area contributed by atoms with Crippen LogP contribution in [0.25, 0.3) is 0 Å². The van der Waals surface area contributed by atoms with Gasteiger partial charge in [-0.2, -0.15) is 11.3 Å². The predicted molar refractivity (Wildman–Crippen MR) is 96.3 cm³/mol. The van der Waals surface area contributed by atoms with Crippen molar-refractivity contribution in [1.29, 1.82) is 0 Å². The van der Waals surface area contributed by atoms with Gasteiger partial charge < -0.3 is 5.32 Å². The highest BCUT2D eigenvalue weighted by atomic mass is 35.5. The number of benzene rings is 1. The first-order chi connectivity index (χ1) is 12.0. The van der Waals surface area contributed by atoms with Gasteiger partial charge in [0.25, 0.3) is 0 Å². The Bertz CT molecular complexity index is 758. The van der Waals surface area contributed by atoms with Crippen LogP contribution in [0.1, 0.15) is 36.4 Å². The highest BCUT2D eigenvalue weighted by Gasteiger charge is 2.29. The van der Waals surface area contributed by atoms with E-state index in [4.69, 9.17) is 11.6 Å². The van der Waals surface area contributed by atoms with Crippen LogP contribution in [0, 0.1) is 0 Å². The predicted octanol–water partition coefficient (Wildman–Crippen LogP) is 3.15. The van der Waals surface area contributed by atoms with Crippen molar-refractivity contribution in [3.8, 4) is 0 Å². The minimum atomic E-state index is -0.291. The van der Waals surface area contributed by atoms with E-state index in [0.29, 0.717) is 5.02 Å². The van der Waals surface area contributed by atoms with Gasteiger partial charge in [-0.1, -0.05) is 23.7 Å². The molecule has 0 unspecified atom stereocenters. The number of halogens is 1. The summed E-state index contributed by atoms with van der Waals surface area (Å²) in [5.74, 6) is -0.617. The van der Waals surface area contributed by atoms with Crippen molar-refractivity contribution in [2.45, 2.75) is 25.3 Å². The van der Waals surface area contributed by atoms with E-state index in [1.54, 1.807) is 23.5 Å². The van der Waals surface area contributed by atoms with Crippen molar-refractivity contribution >= 4 is 40.7 Å². The molecule has 1 saturated heterocycles. The zero-order valence-electron chi connectivity index (χ0n) is 13.4. The van der Waals surface area contributed by atoms with Gasteiger partial charge in [0.15, 0.2) is 0 Å². The molecule has 1 aliphatic heterocycles. The Morgan fingerprint density at radius 1 is 1.12 bits per heavy atom. The molecule has 130 valence electrons. The molecule has 0 radical (unpaired) electrons. The van der Waals surface area contributed by atoms with Crippen molar-refractivity contribution in [2.75, 3.05) is 6.54 Å². The lowest BCUT2D eigenvalue weighted by atomic mass is 10.0. The van der Waals surface area contributed by atoms with E-state index in [1.807, 2.05) is 29.0 Å². The second-order valence-electron chi connectivity index (χ2n) is 5.80. The number of hydrogen-bond acceptors (Lipinski definition) is 4. The summed E-state index contributed by atoms with van der Waals surface area (Å²) in [6.07, 6.45) is 0.567. The summed E-state index contributed by atoms with van der Waals surface area (Å²) in [4.78, 5) is 36.8. The van der Waals surface area contributed by atoms with Crippen LogP contribution in [0.5, 0.6) is 0 Å². The van der Waals surface area contributed by atoms with Crippen molar-refractivity contribution in [3.05, 3.63) is 57.2 Å². The maximum atomic E-state index is 12.4. The van der Waals surface area contributed by atoms with Crippen LogP contribution in [0.4, 0.5) is 0 Å². The number of likely N-dealkylation sites (tertiary alicyclic amines) is 1. The van der Waals surface area contributed by atoms with Gasteiger partial charge >= 0.3 is 0 Å². The zero-order chi connectivity index (χ0) is 17.8. The Kier molecular flexibility index (Phi) is 5.50. The molecule has 1 aromatic carbocycles. The van der Waals surface area contributed by atoms with E-state index >= 15 is 0 Å². The van der Waals surface area contributed by atoms with Crippen LogP contribution in [-0.4, -0.2) is 29.2 Å². The average molecular weight is 377 g/mol. The molecule has 25 heavy (non-hydrogen) atoms. The molecule has 2 aromatic rings. The van der Waals surface area contributed by atoms with Crippen molar-refractivity contribution in [1.82, 2.24) is 10.2 Å². The highest BCUT2D eigenvalue weighted by molar-refractivity contribution is 7.08. The third-order valence-corrected chi connectivity index (χ3v) is 5.06. The van der Waals surface area contributed by atoms with Crippen LogP contribution in [0.3, 0.4) is 0 Å². The van der Waals surface area contributed by atoms with E-state index in [1.165, 1.54) is 4.90 Å². The number of rotatable bonds is 6. The summed E-state index contributed by atoms with van der Waals surface area (Å²) in [5, 5.41) is 7.54. The molecule has 7 heteroatoms. The van der Waals surface area contributed by atoms with E-state index < -0.39 is 0 Å². The van der Waals surface area contributed by atoms with Crippen molar-refractivity contribution in [2.24, 2.45) is 0 Å². The Morgan fingerprint density at radius 3 is 2.40 bits per heavy atom. The summed E-state index contributed by atoms with van der Waals surface area (Å²) in [5.41, 5.74) is 1.90. The van der Waals surface area contributed by atoms with E-state index in [2.05, 4.69) is 5.32 Å². The first kappa shape index (κ1) is 17.6. The van der Waals surface area contributed by atoms with Gasteiger partial charge in [0.05, 0.1) is 6.04 Å². The summed E-state index contributed by atoms with van der Waals surface area (Å²) in [7, 11) is 0. The molecule has 1 N–H and O–H groups in total. The lowest BCUT2D eigenvalue weighted by Crippen LogP contribution is -2.35. The van der Waals surface area contributed by atoms with Crippen molar-refractivity contribution in [3.63, 3.8) is 0 Å². The first-order valence-electron chi connectivity index (χ1n) is 7.94. The Balaban J connectivity index is 1.68. The van der Waals surface area contributed by atoms with Crippen LogP contribution in [-0.2, 0) is 14.4 Å². The zero-order valence-corrected chi connectivity index (χ0v) is 15.0. The lowest BCUT2D eigenvalue weighted by molar-refractivity contribution is -0.138. The van der Waals surface area contributed by atoms with Crippen molar-refractivity contribution < 1.29 is 14.4 Å². The van der Waals surface area contributed by atoms with Crippen LogP contribution in [0.2, 0.25) is 5.02 Å². The number of imide groups is 1. The molecule has 3 rings (SSSR count). The number of amides is 3. The third-order valence-electron chi connectivity index (χ3n) is 4.10. The van der Waals surface area contributed by atoms with Crippen LogP contribution < -0.4 is 5.32 Å². The van der Waals surface area contributed by atoms with E-state index in [9.17, 15) is 14.4 Å². The lowest BCUT2D eigenvalue weighted by Gasteiger charge is -2.20. The van der Waals surface area contributed by atoms with Gasteiger partial charge in [-0.25, -0.2) is 0 Å². The van der Waals surface area contributed by atoms with E-state index in [-0.39, 0.29) is 49.6 Å². The minimum absolute atomic E-state index is 0.0890. The molecule has 3 amide bonds. The average Bonchev–Trinajstić information content (AvgIpc) is 3.23. The topological polar surface area (TPSA) is 66.5 Å². The molecule has 1 aliphatic rings. The molecular formula is C18H17ClN2O3S. The Labute approximate surface area is 154 Å². The molecule has 5 nitrogen and oxygen atoms in total. The Morgan fingerprint density at radius 2 is 1.80 bits per heavy atom. The molecule has 0 spiro atoms. The highest BCUT2D eigenvalue weighted by Crippen LogP contribution is 2.25. The fourth-order valence-corrected chi connectivity index (χ4v) is 3.58. The second kappa shape index (κ2) is 7.80. The molecule has 0 aliphatic carbocycles. The standard InChI is InChI=1S/C18H17ClN2O3S/c19-14-3-1-12(2-4-14)18(13-8-10-25-11-13)20-15(22)7-9-21-16(23)5-6-17(21)24/h1-4,8,10-11,18H,5-7,9H2,(H,20,22)/t18-/m0/s1. The first-order valence-corrected chi connectivity index (χ1v) is 9.27. The number of carbonyl (C=O) groups excluding carboxylic acids is 3. The van der Waals surface area contributed by atoms with Gasteiger partial charge in [0.2, 0.25) is 17.7 Å². The number of carbonyl (C=O) groups is 3. The minimum Gasteiger partial charge on any atom is -0.345 e. The molecule has 1 aromatic heterocycles.